The largest absolute Gasteiger partial charge is 0.456 e. The van der Waals surface area contributed by atoms with Gasteiger partial charge in [0.2, 0.25) is 0 Å². The van der Waals surface area contributed by atoms with Crippen molar-refractivity contribution in [1.82, 2.24) is 0 Å². The lowest BCUT2D eigenvalue weighted by atomic mass is 9.85. The lowest BCUT2D eigenvalue weighted by Crippen LogP contribution is -1.91. The number of hydrogen-bond acceptors (Lipinski definition) is 2. The number of para-hydroxylation sites is 1. The fraction of sp³-hybridized carbons (Fsp3) is 0. The van der Waals surface area contributed by atoms with E-state index in [2.05, 4.69) is 158 Å². The number of furan rings is 2. The Balaban J connectivity index is 1.13. The first-order valence-electron chi connectivity index (χ1n) is 17.8. The Hall–Kier alpha value is -6.90. The van der Waals surface area contributed by atoms with Crippen molar-refractivity contribution < 1.29 is 8.83 Å². The van der Waals surface area contributed by atoms with E-state index in [-0.39, 0.29) is 0 Å². The summed E-state index contributed by atoms with van der Waals surface area (Å²) in [5.74, 6) is 0. The molecule has 0 unspecified atom stereocenters. The van der Waals surface area contributed by atoms with Crippen molar-refractivity contribution in [1.29, 1.82) is 0 Å². The van der Waals surface area contributed by atoms with E-state index in [1.807, 2.05) is 24.3 Å². The summed E-state index contributed by atoms with van der Waals surface area (Å²) < 4.78 is 12.8. The van der Waals surface area contributed by atoms with Crippen LogP contribution in [0.25, 0.3) is 110 Å². The molecule has 11 rings (SSSR count). The number of rotatable bonds is 4. The Morgan fingerprint density at radius 2 is 0.712 bits per heavy atom. The lowest BCUT2D eigenvalue weighted by molar-refractivity contribution is 0.663. The Bertz CT molecular complexity index is 3120. The molecule has 0 spiro atoms. The van der Waals surface area contributed by atoms with E-state index < -0.39 is 0 Å². The molecule has 0 aliphatic heterocycles. The standard InChI is InChI=1S/C50H30O2/c1-2-13-31(14-3-1)35-17-4-5-18-36(35)32-15-12-16-33(29-32)47-37-19-6-8-21-39(37)48(40-22-9-7-20-38(40)47)34-25-26-42-46(30-34)52-45-28-27-44-49(50(42)45)41-23-10-11-24-43(41)51-44/h1-30H. The van der Waals surface area contributed by atoms with Crippen LogP contribution in [0.5, 0.6) is 0 Å². The summed E-state index contributed by atoms with van der Waals surface area (Å²) in [5, 5.41) is 9.27. The van der Waals surface area contributed by atoms with Gasteiger partial charge in [0.15, 0.2) is 0 Å². The number of hydrogen-bond donors (Lipinski definition) is 0. The van der Waals surface area contributed by atoms with E-state index in [0.717, 1.165) is 49.4 Å². The van der Waals surface area contributed by atoms with Gasteiger partial charge in [0.25, 0.3) is 0 Å². The molecule has 2 nitrogen and oxygen atoms in total. The summed E-state index contributed by atoms with van der Waals surface area (Å²) in [5.41, 5.74) is 13.1. The van der Waals surface area contributed by atoms with Crippen LogP contribution in [0.15, 0.2) is 191 Å². The quantitative estimate of drug-likeness (QED) is 0.175. The number of benzene rings is 9. The fourth-order valence-electron chi connectivity index (χ4n) is 8.43. The normalized spacial score (nSPS) is 11.8. The van der Waals surface area contributed by atoms with Gasteiger partial charge in [-0.05, 0) is 102 Å². The molecule has 9 aromatic carbocycles. The van der Waals surface area contributed by atoms with Crippen LogP contribution in [0, 0.1) is 0 Å². The van der Waals surface area contributed by atoms with Gasteiger partial charge in [0.05, 0.1) is 0 Å². The monoisotopic (exact) mass is 662 g/mol. The third kappa shape index (κ3) is 4.31. The van der Waals surface area contributed by atoms with E-state index in [4.69, 9.17) is 8.83 Å². The van der Waals surface area contributed by atoms with Crippen LogP contribution in [0.1, 0.15) is 0 Å². The van der Waals surface area contributed by atoms with E-state index >= 15 is 0 Å². The molecule has 11 aromatic rings. The third-order valence-corrected chi connectivity index (χ3v) is 10.7. The van der Waals surface area contributed by atoms with Crippen molar-refractivity contribution in [3.63, 3.8) is 0 Å². The van der Waals surface area contributed by atoms with Crippen LogP contribution in [-0.4, -0.2) is 0 Å². The molecule has 0 saturated heterocycles. The highest BCUT2D eigenvalue weighted by atomic mass is 16.3. The van der Waals surface area contributed by atoms with Crippen molar-refractivity contribution in [3.8, 4) is 44.5 Å². The van der Waals surface area contributed by atoms with Crippen molar-refractivity contribution in [3.05, 3.63) is 182 Å². The highest BCUT2D eigenvalue weighted by Gasteiger charge is 2.20. The molecule has 52 heavy (non-hydrogen) atoms. The van der Waals surface area contributed by atoms with Crippen LogP contribution in [0.2, 0.25) is 0 Å². The van der Waals surface area contributed by atoms with Crippen LogP contribution < -0.4 is 0 Å². The zero-order chi connectivity index (χ0) is 34.2. The summed E-state index contributed by atoms with van der Waals surface area (Å²) in [6.07, 6.45) is 0. The van der Waals surface area contributed by atoms with Gasteiger partial charge >= 0.3 is 0 Å². The zero-order valence-corrected chi connectivity index (χ0v) is 28.1. The first kappa shape index (κ1) is 28.9. The molecule has 0 radical (unpaired) electrons. The van der Waals surface area contributed by atoms with E-state index in [0.29, 0.717) is 0 Å². The molecule has 2 heterocycles. The van der Waals surface area contributed by atoms with E-state index in [9.17, 15) is 0 Å². The fourth-order valence-corrected chi connectivity index (χ4v) is 8.43. The minimum absolute atomic E-state index is 0.866. The summed E-state index contributed by atoms with van der Waals surface area (Å²) in [4.78, 5) is 0. The first-order valence-corrected chi connectivity index (χ1v) is 17.8. The summed E-state index contributed by atoms with van der Waals surface area (Å²) in [6, 6.07) is 65.1. The SMILES string of the molecule is c1ccc(-c2ccccc2-c2cccc(-c3c4ccccc4c(-c4ccc5c(c4)oc4ccc6oc7ccccc7c6c45)c4ccccc34)c2)cc1. The molecule has 0 saturated carbocycles. The van der Waals surface area contributed by atoms with E-state index in [1.54, 1.807) is 0 Å². The van der Waals surface area contributed by atoms with Crippen molar-refractivity contribution in [2.24, 2.45) is 0 Å². The van der Waals surface area contributed by atoms with Crippen molar-refractivity contribution >= 4 is 65.4 Å². The van der Waals surface area contributed by atoms with Crippen LogP contribution >= 0.6 is 0 Å². The topological polar surface area (TPSA) is 26.3 Å². The van der Waals surface area contributed by atoms with E-state index in [1.165, 1.54) is 60.5 Å². The van der Waals surface area contributed by atoms with Gasteiger partial charge in [-0.2, -0.15) is 0 Å². The summed E-state index contributed by atoms with van der Waals surface area (Å²) >= 11 is 0. The molecule has 2 aromatic heterocycles. The Morgan fingerprint density at radius 3 is 1.37 bits per heavy atom. The second-order valence-corrected chi connectivity index (χ2v) is 13.6. The molecular formula is C50H30O2. The second-order valence-electron chi connectivity index (χ2n) is 13.6. The van der Waals surface area contributed by atoms with Gasteiger partial charge in [0.1, 0.15) is 22.3 Å². The molecule has 0 aliphatic carbocycles. The van der Waals surface area contributed by atoms with Crippen LogP contribution in [0.4, 0.5) is 0 Å². The maximum atomic E-state index is 6.61. The average molecular weight is 663 g/mol. The van der Waals surface area contributed by atoms with Gasteiger partial charge in [-0.25, -0.2) is 0 Å². The van der Waals surface area contributed by atoms with Crippen molar-refractivity contribution in [2.75, 3.05) is 0 Å². The lowest BCUT2D eigenvalue weighted by Gasteiger charge is -2.18. The Kier molecular flexibility index (Phi) is 6.28. The maximum Gasteiger partial charge on any atom is 0.136 e. The van der Waals surface area contributed by atoms with Crippen molar-refractivity contribution in [2.45, 2.75) is 0 Å². The molecule has 0 atom stereocenters. The van der Waals surface area contributed by atoms with Gasteiger partial charge in [0, 0.05) is 21.5 Å². The molecule has 0 fully saturated rings. The number of fused-ring (bicyclic) bond motifs is 9. The highest BCUT2D eigenvalue weighted by Crippen LogP contribution is 2.46. The molecule has 242 valence electrons. The summed E-state index contributed by atoms with van der Waals surface area (Å²) in [6.45, 7) is 0. The maximum absolute atomic E-state index is 6.61. The molecule has 0 bridgehead atoms. The zero-order valence-electron chi connectivity index (χ0n) is 28.1. The highest BCUT2D eigenvalue weighted by molar-refractivity contribution is 6.27. The minimum atomic E-state index is 0.866. The van der Waals surface area contributed by atoms with Gasteiger partial charge in [-0.15, -0.1) is 0 Å². The molecule has 0 aliphatic rings. The Morgan fingerprint density at radius 1 is 0.250 bits per heavy atom. The minimum Gasteiger partial charge on any atom is -0.456 e. The predicted molar refractivity (Wildman–Crippen MR) is 218 cm³/mol. The Labute approximate surface area is 299 Å². The smallest absolute Gasteiger partial charge is 0.136 e. The second kappa shape index (κ2) is 11.3. The van der Waals surface area contributed by atoms with Gasteiger partial charge in [-0.1, -0.05) is 146 Å². The molecule has 0 N–H and O–H groups in total. The average Bonchev–Trinajstić information content (AvgIpc) is 3.78. The predicted octanol–water partition coefficient (Wildman–Crippen LogP) is 14.5. The first-order chi connectivity index (χ1) is 25.8. The molecular weight excluding hydrogens is 633 g/mol. The summed E-state index contributed by atoms with van der Waals surface area (Å²) in [7, 11) is 0. The van der Waals surface area contributed by atoms with Crippen LogP contribution in [0.3, 0.4) is 0 Å². The molecule has 0 amide bonds. The van der Waals surface area contributed by atoms with Crippen LogP contribution in [-0.2, 0) is 0 Å². The third-order valence-electron chi connectivity index (χ3n) is 10.7. The molecule has 2 heteroatoms. The van der Waals surface area contributed by atoms with Gasteiger partial charge < -0.3 is 8.83 Å². The van der Waals surface area contributed by atoms with Gasteiger partial charge in [-0.3, -0.25) is 0 Å².